The number of hydrogen-bond acceptors (Lipinski definition) is 6. The molecule has 2 aliphatic heterocycles. The summed E-state index contributed by atoms with van der Waals surface area (Å²) < 4.78 is 0. The van der Waals surface area contributed by atoms with Crippen LogP contribution in [0.15, 0.2) is 18.2 Å². The number of anilines is 1. The van der Waals surface area contributed by atoms with Crippen LogP contribution in [0, 0.1) is 10.8 Å². The molecule has 1 unspecified atom stereocenters. The molecule has 2 aliphatic rings. The predicted molar refractivity (Wildman–Crippen MR) is 111 cm³/mol. The Hall–Kier alpha value is -3.23. The third-order valence-electron chi connectivity index (χ3n) is 6.61. The monoisotopic (exact) mass is 429 g/mol. The van der Waals surface area contributed by atoms with E-state index in [1.165, 1.54) is 6.07 Å². The van der Waals surface area contributed by atoms with Crippen LogP contribution in [-0.2, 0) is 14.4 Å². The van der Waals surface area contributed by atoms with Gasteiger partial charge in [0.25, 0.3) is 11.8 Å². The Kier molecular flexibility index (Phi) is 5.64. The predicted octanol–water partition coefficient (Wildman–Crippen LogP) is 2.03. The van der Waals surface area contributed by atoms with Gasteiger partial charge in [-0.25, -0.2) is 0 Å². The minimum Gasteiger partial charge on any atom is -0.481 e. The van der Waals surface area contributed by atoms with Crippen LogP contribution in [0.3, 0.4) is 0 Å². The highest BCUT2D eigenvalue weighted by molar-refractivity contribution is 6.25. The van der Waals surface area contributed by atoms with Crippen molar-refractivity contribution in [1.29, 1.82) is 0 Å². The lowest BCUT2D eigenvalue weighted by atomic mass is 9.66. The van der Waals surface area contributed by atoms with E-state index in [9.17, 15) is 29.1 Å². The molecule has 1 saturated heterocycles. The Morgan fingerprint density at radius 2 is 1.81 bits per heavy atom. The number of benzene rings is 1. The molecular weight excluding hydrogens is 402 g/mol. The number of carboxylic acids is 1. The number of fused-ring (bicyclic) bond motifs is 1. The third-order valence-corrected chi connectivity index (χ3v) is 6.61. The van der Waals surface area contributed by atoms with Crippen molar-refractivity contribution in [1.82, 2.24) is 10.2 Å². The zero-order valence-electron chi connectivity index (χ0n) is 18.1. The fraction of sp³-hybridized carbons (Fsp3) is 0.500. The van der Waals surface area contributed by atoms with Crippen molar-refractivity contribution in [2.75, 3.05) is 11.9 Å². The number of aliphatic carboxylic acids is 1. The van der Waals surface area contributed by atoms with Gasteiger partial charge in [-0.3, -0.25) is 34.2 Å². The smallest absolute Gasteiger partial charge is 0.303 e. The highest BCUT2D eigenvalue weighted by Crippen LogP contribution is 2.42. The van der Waals surface area contributed by atoms with Gasteiger partial charge in [0.1, 0.15) is 6.04 Å². The highest BCUT2D eigenvalue weighted by Gasteiger charge is 2.46. The molecule has 2 heterocycles. The van der Waals surface area contributed by atoms with Crippen LogP contribution in [0.25, 0.3) is 0 Å². The number of hydrogen-bond donors (Lipinski definition) is 3. The molecule has 3 N–H and O–H groups in total. The molecule has 1 atom stereocenters. The molecule has 9 nitrogen and oxygen atoms in total. The van der Waals surface area contributed by atoms with E-state index in [2.05, 4.69) is 10.6 Å². The molecule has 0 aliphatic carbocycles. The minimum absolute atomic E-state index is 0.0186. The summed E-state index contributed by atoms with van der Waals surface area (Å²) in [5.41, 5.74) is -0.165. The van der Waals surface area contributed by atoms with Crippen molar-refractivity contribution >= 4 is 35.3 Å². The zero-order chi connectivity index (χ0) is 23.1. The first kappa shape index (κ1) is 22.5. The van der Waals surface area contributed by atoms with Gasteiger partial charge >= 0.3 is 5.97 Å². The van der Waals surface area contributed by atoms with E-state index in [0.29, 0.717) is 12.2 Å². The van der Waals surface area contributed by atoms with Gasteiger partial charge in [-0.05, 0) is 29.4 Å². The number of carbonyl (C=O) groups excluding carboxylic acids is 4. The summed E-state index contributed by atoms with van der Waals surface area (Å²) >= 11 is 0. The van der Waals surface area contributed by atoms with Crippen molar-refractivity contribution in [3.63, 3.8) is 0 Å². The topological polar surface area (TPSA) is 133 Å². The standard InChI is InChI=1S/C22H27N3O6/c1-21(2,10-16(27)28)22(3,4)11-23-13-7-5-6-12-17(13)20(31)25(19(12)30)14-8-9-15(26)24-18(14)29/h5-7,14,23H,8-11H2,1-4H3,(H,27,28)(H,24,26,29). The normalized spacial score (nSPS) is 19.4. The summed E-state index contributed by atoms with van der Waals surface area (Å²) in [6, 6.07) is 3.84. The van der Waals surface area contributed by atoms with Crippen LogP contribution in [-0.4, -0.2) is 52.2 Å². The van der Waals surface area contributed by atoms with Crippen LogP contribution in [0.1, 0.15) is 67.7 Å². The van der Waals surface area contributed by atoms with Gasteiger partial charge in [-0.15, -0.1) is 0 Å². The quantitative estimate of drug-likeness (QED) is 0.565. The Labute approximate surface area is 180 Å². The van der Waals surface area contributed by atoms with Gasteiger partial charge in [-0.1, -0.05) is 33.8 Å². The Morgan fingerprint density at radius 3 is 2.42 bits per heavy atom. The van der Waals surface area contributed by atoms with E-state index >= 15 is 0 Å². The van der Waals surface area contributed by atoms with Gasteiger partial charge in [-0.2, -0.15) is 0 Å². The molecule has 166 valence electrons. The summed E-state index contributed by atoms with van der Waals surface area (Å²) in [5.74, 6) is -3.12. The van der Waals surface area contributed by atoms with Crippen molar-refractivity contribution in [3.8, 4) is 0 Å². The van der Waals surface area contributed by atoms with Crippen LogP contribution < -0.4 is 10.6 Å². The summed E-state index contributed by atoms with van der Waals surface area (Å²) in [6.07, 6.45) is 0.131. The minimum atomic E-state index is -1.02. The van der Waals surface area contributed by atoms with E-state index in [-0.39, 0.29) is 30.4 Å². The van der Waals surface area contributed by atoms with E-state index in [4.69, 9.17) is 0 Å². The van der Waals surface area contributed by atoms with Crippen molar-refractivity contribution in [3.05, 3.63) is 29.3 Å². The molecule has 1 aromatic rings. The molecule has 9 heteroatoms. The van der Waals surface area contributed by atoms with Crippen molar-refractivity contribution in [2.45, 2.75) is 53.0 Å². The number of amides is 4. The molecule has 3 rings (SSSR count). The number of rotatable bonds is 7. The zero-order valence-corrected chi connectivity index (χ0v) is 18.1. The second-order valence-corrected chi connectivity index (χ2v) is 9.37. The van der Waals surface area contributed by atoms with E-state index in [1.807, 2.05) is 27.7 Å². The molecule has 0 saturated carbocycles. The van der Waals surface area contributed by atoms with Gasteiger partial charge in [0, 0.05) is 18.7 Å². The fourth-order valence-electron chi connectivity index (χ4n) is 3.84. The average Bonchev–Trinajstić information content (AvgIpc) is 2.91. The van der Waals surface area contributed by atoms with Crippen LogP contribution in [0.4, 0.5) is 5.69 Å². The number of carbonyl (C=O) groups is 5. The summed E-state index contributed by atoms with van der Waals surface area (Å²) in [4.78, 5) is 61.9. The van der Waals surface area contributed by atoms with Gasteiger partial charge in [0.05, 0.1) is 17.5 Å². The summed E-state index contributed by atoms with van der Waals surface area (Å²) in [5, 5.41) is 14.6. The Bertz CT molecular complexity index is 981. The van der Waals surface area contributed by atoms with Crippen molar-refractivity contribution in [2.24, 2.45) is 10.8 Å². The fourth-order valence-corrected chi connectivity index (χ4v) is 3.84. The molecule has 0 radical (unpaired) electrons. The summed E-state index contributed by atoms with van der Waals surface area (Å²) in [7, 11) is 0. The van der Waals surface area contributed by atoms with Crippen LogP contribution in [0.2, 0.25) is 0 Å². The van der Waals surface area contributed by atoms with E-state index in [1.54, 1.807) is 12.1 Å². The van der Waals surface area contributed by atoms with Gasteiger partial charge in [0.15, 0.2) is 0 Å². The number of piperidine rings is 1. The number of carboxylic acid groups (broad SMARTS) is 1. The average molecular weight is 429 g/mol. The molecule has 1 aromatic carbocycles. The van der Waals surface area contributed by atoms with Crippen LogP contribution in [0.5, 0.6) is 0 Å². The molecular formula is C22H27N3O6. The number of nitrogens with one attached hydrogen (secondary N) is 2. The Morgan fingerprint density at radius 1 is 1.13 bits per heavy atom. The second kappa shape index (κ2) is 7.79. The van der Waals surface area contributed by atoms with E-state index in [0.717, 1.165) is 4.90 Å². The second-order valence-electron chi connectivity index (χ2n) is 9.37. The van der Waals surface area contributed by atoms with E-state index < -0.39 is 46.5 Å². The van der Waals surface area contributed by atoms with Gasteiger partial charge in [0.2, 0.25) is 11.8 Å². The molecule has 31 heavy (non-hydrogen) atoms. The maximum atomic E-state index is 13.1. The maximum Gasteiger partial charge on any atom is 0.303 e. The molecule has 0 spiro atoms. The van der Waals surface area contributed by atoms with Gasteiger partial charge < -0.3 is 10.4 Å². The first-order valence-corrected chi connectivity index (χ1v) is 10.2. The SMILES string of the molecule is CC(C)(CNc1cccc2c1C(=O)N(C1CCC(=O)NC1=O)C2=O)C(C)(C)CC(=O)O. The molecule has 4 amide bonds. The first-order valence-electron chi connectivity index (χ1n) is 10.2. The van der Waals surface area contributed by atoms with Crippen LogP contribution >= 0.6 is 0 Å². The lowest BCUT2D eigenvalue weighted by Crippen LogP contribution is -2.54. The number of imide groups is 2. The lowest BCUT2D eigenvalue weighted by molar-refractivity contribution is -0.141. The summed E-state index contributed by atoms with van der Waals surface area (Å²) in [6.45, 7) is 7.99. The molecule has 1 fully saturated rings. The highest BCUT2D eigenvalue weighted by atomic mass is 16.4. The molecule has 0 bridgehead atoms. The largest absolute Gasteiger partial charge is 0.481 e. The maximum absolute atomic E-state index is 13.1. The Balaban J connectivity index is 1.85. The van der Waals surface area contributed by atoms with Crippen molar-refractivity contribution < 1.29 is 29.1 Å². The third kappa shape index (κ3) is 4.04. The molecule has 0 aromatic heterocycles. The lowest BCUT2D eigenvalue weighted by Gasteiger charge is -2.41. The number of nitrogens with zero attached hydrogens (tertiary/aromatic N) is 1. The first-order chi connectivity index (χ1) is 14.4.